The van der Waals surface area contributed by atoms with E-state index in [1.54, 1.807) is 0 Å². The summed E-state index contributed by atoms with van der Waals surface area (Å²) >= 11 is 0. The van der Waals surface area contributed by atoms with Crippen LogP contribution in [-0.4, -0.2) is 100 Å². The zero-order chi connectivity index (χ0) is 20.8. The van der Waals surface area contributed by atoms with E-state index in [1.165, 1.54) is 14.2 Å². The maximum atomic E-state index is 11.4. The highest BCUT2D eigenvalue weighted by Crippen LogP contribution is 2.01. The van der Waals surface area contributed by atoms with E-state index in [-0.39, 0.29) is 13.2 Å². The highest BCUT2D eigenvalue weighted by atomic mass is 16.5. The van der Waals surface area contributed by atoms with E-state index in [2.05, 4.69) is 19.3 Å². The van der Waals surface area contributed by atoms with Gasteiger partial charge in [-0.2, -0.15) is 0 Å². The van der Waals surface area contributed by atoms with Crippen molar-refractivity contribution in [2.45, 2.75) is 0 Å². The lowest BCUT2D eigenvalue weighted by atomic mass is 10.3. The van der Waals surface area contributed by atoms with Crippen LogP contribution in [0.2, 0.25) is 0 Å². The van der Waals surface area contributed by atoms with Crippen LogP contribution in [0, 0.1) is 0 Å². The van der Waals surface area contributed by atoms with E-state index in [0.717, 1.165) is 50.5 Å². The molecule has 1 rings (SSSR count). The molecule has 0 aromatic heterocycles. The molecule has 0 atom stereocenters. The Morgan fingerprint density at radius 3 is 1.29 bits per heavy atom. The third-order valence-corrected chi connectivity index (χ3v) is 3.88. The van der Waals surface area contributed by atoms with Gasteiger partial charge in [-0.25, -0.2) is 19.2 Å². The van der Waals surface area contributed by atoms with Crippen molar-refractivity contribution in [2.24, 2.45) is 0 Å². The second kappa shape index (κ2) is 13.4. The van der Waals surface area contributed by atoms with Crippen molar-refractivity contribution in [2.75, 3.05) is 66.7 Å². The van der Waals surface area contributed by atoms with E-state index in [4.69, 9.17) is 9.47 Å². The van der Waals surface area contributed by atoms with Gasteiger partial charge in [-0.3, -0.25) is 9.80 Å². The molecular formula is C18H26N2O8. The molecular weight excluding hydrogens is 372 g/mol. The van der Waals surface area contributed by atoms with Crippen molar-refractivity contribution < 1.29 is 38.1 Å². The van der Waals surface area contributed by atoms with Crippen LogP contribution in [0.4, 0.5) is 0 Å². The Balaban J connectivity index is 2.12. The molecule has 0 bridgehead atoms. The van der Waals surface area contributed by atoms with E-state index < -0.39 is 23.9 Å². The van der Waals surface area contributed by atoms with E-state index >= 15 is 0 Å². The van der Waals surface area contributed by atoms with Crippen LogP contribution in [0.25, 0.3) is 0 Å². The fourth-order valence-corrected chi connectivity index (χ4v) is 2.29. The first-order valence-electron chi connectivity index (χ1n) is 8.75. The lowest BCUT2D eigenvalue weighted by Crippen LogP contribution is -2.48. The Kier molecular flexibility index (Phi) is 11.2. The lowest BCUT2D eigenvalue weighted by Gasteiger charge is -2.34. The van der Waals surface area contributed by atoms with Crippen LogP contribution < -0.4 is 0 Å². The molecule has 28 heavy (non-hydrogen) atoms. The molecule has 1 heterocycles. The first-order chi connectivity index (χ1) is 13.4. The summed E-state index contributed by atoms with van der Waals surface area (Å²) in [6, 6.07) is 0. The molecule has 10 nitrogen and oxygen atoms in total. The summed E-state index contributed by atoms with van der Waals surface area (Å²) in [4.78, 5) is 48.9. The van der Waals surface area contributed by atoms with Crippen molar-refractivity contribution in [3.05, 3.63) is 24.3 Å². The summed E-state index contributed by atoms with van der Waals surface area (Å²) in [7, 11) is 2.45. The summed E-state index contributed by atoms with van der Waals surface area (Å²) in [5.41, 5.74) is 0. The number of esters is 4. The van der Waals surface area contributed by atoms with Crippen LogP contribution in [0.5, 0.6) is 0 Å². The topological polar surface area (TPSA) is 112 Å². The molecule has 0 radical (unpaired) electrons. The number of piperazine rings is 1. The molecule has 156 valence electrons. The number of rotatable bonds is 10. The third kappa shape index (κ3) is 10.4. The number of methoxy groups -OCH3 is 2. The highest BCUT2D eigenvalue weighted by molar-refractivity contribution is 5.92. The Morgan fingerprint density at radius 1 is 0.643 bits per heavy atom. The first kappa shape index (κ1) is 23.3. The molecule has 0 aromatic rings. The zero-order valence-corrected chi connectivity index (χ0v) is 16.1. The number of carbonyl (C=O) groups is 4. The summed E-state index contributed by atoms with van der Waals surface area (Å²) in [6.45, 7) is 4.84. The van der Waals surface area contributed by atoms with Crippen molar-refractivity contribution >= 4 is 23.9 Å². The second-order valence-electron chi connectivity index (χ2n) is 5.73. The lowest BCUT2D eigenvalue weighted by molar-refractivity contribution is -0.140. The molecule has 1 aliphatic heterocycles. The molecule has 0 aliphatic carbocycles. The summed E-state index contributed by atoms with van der Waals surface area (Å²) < 4.78 is 18.8. The van der Waals surface area contributed by atoms with Gasteiger partial charge in [0.2, 0.25) is 0 Å². The minimum Gasteiger partial charge on any atom is -0.466 e. The predicted molar refractivity (Wildman–Crippen MR) is 97.1 cm³/mol. The van der Waals surface area contributed by atoms with Gasteiger partial charge in [-0.05, 0) is 0 Å². The van der Waals surface area contributed by atoms with Gasteiger partial charge in [0, 0.05) is 63.6 Å². The first-order valence-corrected chi connectivity index (χ1v) is 8.75. The predicted octanol–water partition coefficient (Wildman–Crippen LogP) is -0.851. The van der Waals surface area contributed by atoms with Crippen LogP contribution in [0.3, 0.4) is 0 Å². The van der Waals surface area contributed by atoms with E-state index in [0.29, 0.717) is 13.1 Å². The zero-order valence-electron chi connectivity index (χ0n) is 16.1. The number of ether oxygens (including phenoxy) is 4. The molecule has 0 aromatic carbocycles. The number of hydrogen-bond donors (Lipinski definition) is 0. The number of nitrogens with zero attached hydrogens (tertiary/aromatic N) is 2. The van der Waals surface area contributed by atoms with Gasteiger partial charge in [0.1, 0.15) is 13.2 Å². The molecule has 1 fully saturated rings. The van der Waals surface area contributed by atoms with Gasteiger partial charge < -0.3 is 18.9 Å². The largest absolute Gasteiger partial charge is 0.466 e. The van der Waals surface area contributed by atoms with Gasteiger partial charge >= 0.3 is 23.9 Å². The molecule has 0 amide bonds. The quantitative estimate of drug-likeness (QED) is 0.262. The van der Waals surface area contributed by atoms with Crippen molar-refractivity contribution in [1.82, 2.24) is 9.80 Å². The van der Waals surface area contributed by atoms with Crippen LogP contribution in [-0.2, 0) is 38.1 Å². The summed E-state index contributed by atoms with van der Waals surface area (Å²) in [6.07, 6.45) is 4.09. The van der Waals surface area contributed by atoms with Crippen molar-refractivity contribution in [1.29, 1.82) is 0 Å². The van der Waals surface area contributed by atoms with E-state index in [9.17, 15) is 19.2 Å². The van der Waals surface area contributed by atoms with Gasteiger partial charge in [0.05, 0.1) is 14.2 Å². The van der Waals surface area contributed by atoms with Crippen LogP contribution >= 0.6 is 0 Å². The Bertz CT molecular complexity index is 542. The smallest absolute Gasteiger partial charge is 0.331 e. The Hall–Kier alpha value is -2.72. The SMILES string of the molecule is COC(=O)C=CC(=O)OCCN1CCN(CCOC(=O)/C=C/C(=O)OC)CC1. The molecule has 0 unspecified atom stereocenters. The molecule has 0 spiro atoms. The molecule has 1 aliphatic rings. The minimum absolute atomic E-state index is 0.231. The Morgan fingerprint density at radius 2 is 0.964 bits per heavy atom. The standard InChI is InChI=1S/C18H26N2O8/c1-25-15(21)3-5-17(23)27-13-11-19-7-9-20(10-8-19)12-14-28-18(24)6-4-16(22)26-2/h3-6H,7-14H2,1-2H3/b5-3+,6-4?. The van der Waals surface area contributed by atoms with Crippen LogP contribution in [0.1, 0.15) is 0 Å². The van der Waals surface area contributed by atoms with Crippen molar-refractivity contribution in [3.63, 3.8) is 0 Å². The van der Waals surface area contributed by atoms with Gasteiger partial charge in [-0.1, -0.05) is 0 Å². The minimum atomic E-state index is -0.613. The fourth-order valence-electron chi connectivity index (χ4n) is 2.29. The second-order valence-corrected chi connectivity index (χ2v) is 5.73. The summed E-state index contributed by atoms with van der Waals surface area (Å²) in [5, 5.41) is 0. The maximum Gasteiger partial charge on any atom is 0.331 e. The van der Waals surface area contributed by atoms with Crippen molar-refractivity contribution in [3.8, 4) is 0 Å². The third-order valence-electron chi connectivity index (χ3n) is 3.88. The van der Waals surface area contributed by atoms with E-state index in [1.807, 2.05) is 0 Å². The fraction of sp³-hybridized carbons (Fsp3) is 0.556. The monoisotopic (exact) mass is 398 g/mol. The molecule has 10 heteroatoms. The number of hydrogen-bond acceptors (Lipinski definition) is 10. The molecule has 1 saturated heterocycles. The summed E-state index contributed by atoms with van der Waals surface area (Å²) in [5.74, 6) is -2.41. The molecule has 0 N–H and O–H groups in total. The van der Waals surface area contributed by atoms with Crippen LogP contribution in [0.15, 0.2) is 24.3 Å². The van der Waals surface area contributed by atoms with Gasteiger partial charge in [0.15, 0.2) is 0 Å². The normalized spacial score (nSPS) is 15.5. The average Bonchev–Trinajstić information content (AvgIpc) is 2.71. The van der Waals surface area contributed by atoms with Gasteiger partial charge in [0.25, 0.3) is 0 Å². The molecule has 0 saturated carbocycles. The maximum absolute atomic E-state index is 11.4. The van der Waals surface area contributed by atoms with Gasteiger partial charge in [-0.15, -0.1) is 0 Å². The Labute approximate surface area is 163 Å². The highest BCUT2D eigenvalue weighted by Gasteiger charge is 2.17. The average molecular weight is 398 g/mol. The number of carbonyl (C=O) groups excluding carboxylic acids is 4.